The van der Waals surface area contributed by atoms with Gasteiger partial charge in [0.05, 0.1) is 0 Å². The minimum absolute atomic E-state index is 0. The Hall–Kier alpha value is 0.360. The zero-order valence-corrected chi connectivity index (χ0v) is 21.3. The molecule has 5 heteroatoms. The van der Waals surface area contributed by atoms with Crippen molar-refractivity contribution >= 4 is 28.3 Å². The number of carbonyl (C=O) groups excluding carboxylic acids is 3. The Kier molecular flexibility index (Phi) is 33.9. The van der Waals surface area contributed by atoms with Crippen LogP contribution in [0.25, 0.3) is 0 Å². The zero-order valence-electron chi connectivity index (χ0n) is 19.5. The molecule has 0 spiro atoms. The number of thioether (sulfide) groups is 1. The van der Waals surface area contributed by atoms with Gasteiger partial charge in [-0.05, 0) is 31.5 Å². The first kappa shape index (κ1) is 32.0. The molecule has 0 rings (SSSR count). The molecule has 0 saturated heterocycles. The molecule has 0 unspecified atom stereocenters. The molecule has 0 radical (unpaired) electrons. The molecule has 0 saturated carbocycles. The van der Waals surface area contributed by atoms with Crippen LogP contribution in [0.1, 0.15) is 125 Å². The van der Waals surface area contributed by atoms with Crippen molar-refractivity contribution in [2.24, 2.45) is 0 Å². The Bertz CT molecular complexity index is 314. The van der Waals surface area contributed by atoms with Gasteiger partial charge in [0.2, 0.25) is 0 Å². The van der Waals surface area contributed by atoms with Crippen LogP contribution in [0.4, 0.5) is 0 Å². The van der Waals surface area contributed by atoms with E-state index in [0.29, 0.717) is 12.8 Å². The summed E-state index contributed by atoms with van der Waals surface area (Å²) < 4.78 is 0. The Morgan fingerprint density at radius 3 is 1.22 bits per heavy atom. The SMILES string of the molecule is CC=O.CCCCCCCCCC(=O)SC(=O)CCCCCCCCC.[H-].[Na+]. The van der Waals surface area contributed by atoms with Crippen molar-refractivity contribution in [3.8, 4) is 0 Å². The minimum Gasteiger partial charge on any atom is -1.00 e. The molecule has 0 aliphatic carbocycles. The van der Waals surface area contributed by atoms with E-state index in [9.17, 15) is 9.59 Å². The summed E-state index contributed by atoms with van der Waals surface area (Å²) in [4.78, 5) is 32.3. The van der Waals surface area contributed by atoms with Gasteiger partial charge in [-0.3, -0.25) is 9.59 Å². The minimum atomic E-state index is 0. The molecule has 0 N–H and O–H groups in total. The van der Waals surface area contributed by atoms with E-state index in [1.165, 1.54) is 71.1 Å². The van der Waals surface area contributed by atoms with Gasteiger partial charge in [0.15, 0.2) is 10.2 Å². The van der Waals surface area contributed by atoms with E-state index in [1.54, 1.807) is 0 Å². The molecule has 0 aromatic heterocycles. The van der Waals surface area contributed by atoms with Crippen molar-refractivity contribution in [3.63, 3.8) is 0 Å². The normalized spacial score (nSPS) is 9.74. The second-order valence-electron chi connectivity index (χ2n) is 6.82. The summed E-state index contributed by atoms with van der Waals surface area (Å²) in [5.41, 5.74) is 0. The van der Waals surface area contributed by atoms with E-state index in [2.05, 4.69) is 13.8 Å². The Morgan fingerprint density at radius 1 is 0.667 bits per heavy atom. The first-order chi connectivity index (χ1) is 12.6. The smallest absolute Gasteiger partial charge is 1.00 e. The van der Waals surface area contributed by atoms with Gasteiger partial charge in [0.1, 0.15) is 6.29 Å². The van der Waals surface area contributed by atoms with Crippen LogP contribution in [0.5, 0.6) is 0 Å². The summed E-state index contributed by atoms with van der Waals surface area (Å²) in [6.07, 6.45) is 18.9. The van der Waals surface area contributed by atoms with Crippen LogP contribution in [0.3, 0.4) is 0 Å². The number of carbonyl (C=O) groups is 3. The Morgan fingerprint density at radius 2 is 0.926 bits per heavy atom. The van der Waals surface area contributed by atoms with Crippen molar-refractivity contribution < 1.29 is 45.4 Å². The molecule has 0 aromatic carbocycles. The topological polar surface area (TPSA) is 51.2 Å². The predicted molar refractivity (Wildman–Crippen MR) is 116 cm³/mol. The summed E-state index contributed by atoms with van der Waals surface area (Å²) >= 11 is 0.966. The van der Waals surface area contributed by atoms with Crippen molar-refractivity contribution in [3.05, 3.63) is 0 Å². The second-order valence-corrected chi connectivity index (χ2v) is 7.94. The number of hydrogen-bond acceptors (Lipinski definition) is 4. The fourth-order valence-corrected chi connectivity index (χ4v) is 3.43. The summed E-state index contributed by atoms with van der Waals surface area (Å²) in [5, 5.41) is 0.151. The summed E-state index contributed by atoms with van der Waals surface area (Å²) in [5.74, 6) is 0. The van der Waals surface area contributed by atoms with Gasteiger partial charge in [-0.25, -0.2) is 0 Å². The van der Waals surface area contributed by atoms with Gasteiger partial charge >= 0.3 is 29.6 Å². The van der Waals surface area contributed by atoms with Crippen LogP contribution in [0, 0.1) is 0 Å². The van der Waals surface area contributed by atoms with Gasteiger partial charge in [-0.2, -0.15) is 0 Å². The number of hydrogen-bond donors (Lipinski definition) is 0. The maximum atomic E-state index is 11.7. The standard InChI is InChI=1S/C20H38O2S.C2H4O.Na.H/c1-3-5-7-9-11-13-15-17-19(21)23-20(22)18-16-14-12-10-8-6-4-2;1-2-3;;/h3-18H2,1-2H3;2H,1H3;;/q;;+1;-1. The van der Waals surface area contributed by atoms with Crippen molar-refractivity contribution in [2.75, 3.05) is 0 Å². The van der Waals surface area contributed by atoms with Crippen LogP contribution in [-0.4, -0.2) is 16.5 Å². The van der Waals surface area contributed by atoms with Crippen molar-refractivity contribution in [2.45, 2.75) is 124 Å². The van der Waals surface area contributed by atoms with Gasteiger partial charge in [0.25, 0.3) is 0 Å². The average molecular weight is 411 g/mol. The fraction of sp³-hybridized carbons (Fsp3) is 0.864. The van der Waals surface area contributed by atoms with Crippen LogP contribution in [-0.2, 0) is 14.4 Å². The van der Waals surface area contributed by atoms with Crippen molar-refractivity contribution in [1.82, 2.24) is 0 Å². The number of unbranched alkanes of at least 4 members (excludes halogenated alkanes) is 12. The van der Waals surface area contributed by atoms with Gasteiger partial charge in [-0.1, -0.05) is 90.9 Å². The van der Waals surface area contributed by atoms with E-state index < -0.39 is 0 Å². The zero-order chi connectivity index (χ0) is 19.9. The third-order valence-electron chi connectivity index (χ3n) is 4.20. The molecule has 156 valence electrons. The fourth-order valence-electron chi connectivity index (χ4n) is 2.68. The molecule has 3 nitrogen and oxygen atoms in total. The molecule has 0 bridgehead atoms. The van der Waals surface area contributed by atoms with Gasteiger partial charge in [-0.15, -0.1) is 0 Å². The number of rotatable bonds is 16. The Balaban J connectivity index is -0.000000538. The molecule has 0 amide bonds. The Labute approximate surface area is 196 Å². The molecule has 0 aliphatic heterocycles. The van der Waals surface area contributed by atoms with Crippen LogP contribution in [0.15, 0.2) is 0 Å². The number of aldehydes is 1. The quantitative estimate of drug-likeness (QED) is 0.215. The third kappa shape index (κ3) is 31.3. The largest absolute Gasteiger partial charge is 1.00 e. The maximum Gasteiger partial charge on any atom is 1.00 e. The average Bonchev–Trinajstić information content (AvgIpc) is 2.61. The molecule has 27 heavy (non-hydrogen) atoms. The summed E-state index contributed by atoms with van der Waals surface area (Å²) in [6, 6.07) is 0. The second kappa shape index (κ2) is 28.6. The maximum absolute atomic E-state index is 11.7. The molecular formula is C22H43NaO3S. The predicted octanol–water partition coefficient (Wildman–Crippen LogP) is 4.38. The summed E-state index contributed by atoms with van der Waals surface area (Å²) in [6.45, 7) is 5.89. The van der Waals surface area contributed by atoms with Crippen LogP contribution in [0.2, 0.25) is 0 Å². The molecule has 0 fully saturated rings. The van der Waals surface area contributed by atoms with E-state index >= 15 is 0 Å². The molecule has 0 heterocycles. The van der Waals surface area contributed by atoms with Gasteiger partial charge < -0.3 is 6.22 Å². The van der Waals surface area contributed by atoms with Crippen molar-refractivity contribution in [1.29, 1.82) is 0 Å². The monoisotopic (exact) mass is 410 g/mol. The first-order valence-electron chi connectivity index (χ1n) is 10.8. The molecular weight excluding hydrogens is 367 g/mol. The molecule has 0 aliphatic rings. The van der Waals surface area contributed by atoms with Gasteiger partial charge in [0, 0.05) is 12.8 Å². The first-order valence-corrected chi connectivity index (χ1v) is 11.6. The van der Waals surface area contributed by atoms with Crippen LogP contribution >= 0.6 is 11.8 Å². The van der Waals surface area contributed by atoms with Crippen LogP contribution < -0.4 is 29.6 Å². The molecule has 0 aromatic rings. The summed E-state index contributed by atoms with van der Waals surface area (Å²) in [7, 11) is 0. The van der Waals surface area contributed by atoms with E-state index in [1.807, 2.05) is 0 Å². The van der Waals surface area contributed by atoms with E-state index in [-0.39, 0.29) is 41.2 Å². The van der Waals surface area contributed by atoms with E-state index in [0.717, 1.165) is 43.7 Å². The third-order valence-corrected chi connectivity index (χ3v) is 5.06. The molecule has 0 atom stereocenters. The van der Waals surface area contributed by atoms with E-state index in [4.69, 9.17) is 4.79 Å².